The second-order valence-corrected chi connectivity index (χ2v) is 2.02. The van der Waals surface area contributed by atoms with E-state index in [1.165, 1.54) is 25.3 Å². The molecule has 0 bridgehead atoms. The lowest BCUT2D eigenvalue weighted by atomic mass is 9.88. The molecule has 0 saturated carbocycles. The molecule has 0 aromatic heterocycles. The van der Waals surface area contributed by atoms with E-state index in [0.717, 1.165) is 0 Å². The number of hydrogen-bond donors (Lipinski definition) is 1. The number of ether oxygens (including phenoxy) is 1. The monoisotopic (exact) mass is 153 g/mol. The van der Waals surface area contributed by atoms with E-state index in [-0.39, 0.29) is 5.46 Å². The first-order chi connectivity index (χ1) is 5.27. The van der Waals surface area contributed by atoms with Gasteiger partial charge in [0.2, 0.25) is 0 Å². The minimum atomic E-state index is -0.465. The number of rotatable bonds is 2. The highest BCUT2D eigenvalue weighted by Gasteiger charge is 2.03. The van der Waals surface area contributed by atoms with Gasteiger partial charge >= 0.3 is 7.48 Å². The van der Waals surface area contributed by atoms with Crippen molar-refractivity contribution in [3.8, 4) is 5.75 Å². The maximum absolute atomic E-state index is 12.7. The van der Waals surface area contributed by atoms with Crippen LogP contribution in [-0.4, -0.2) is 19.6 Å². The van der Waals surface area contributed by atoms with Gasteiger partial charge in [-0.2, -0.15) is 0 Å². The van der Waals surface area contributed by atoms with Crippen LogP contribution >= 0.6 is 0 Å². The van der Waals surface area contributed by atoms with Crippen LogP contribution in [0.1, 0.15) is 0 Å². The van der Waals surface area contributed by atoms with E-state index in [1.54, 1.807) is 0 Å². The van der Waals surface area contributed by atoms with Gasteiger partial charge in [-0.15, -0.1) is 0 Å². The molecular formula is C7H7BFO2. The van der Waals surface area contributed by atoms with Crippen LogP contribution < -0.4 is 10.2 Å². The smallest absolute Gasteiger partial charge is 0.329 e. The molecule has 2 nitrogen and oxygen atoms in total. The average Bonchev–Trinajstić information content (AvgIpc) is 2.05. The number of halogens is 1. The summed E-state index contributed by atoms with van der Waals surface area (Å²) in [6.45, 7) is 0. The molecule has 57 valence electrons. The molecule has 1 aromatic rings. The lowest BCUT2D eigenvalue weighted by molar-refractivity contribution is 0.414. The second kappa shape index (κ2) is 3.39. The molecule has 0 heterocycles. The van der Waals surface area contributed by atoms with Crippen molar-refractivity contribution in [1.82, 2.24) is 0 Å². The summed E-state index contributed by atoms with van der Waals surface area (Å²) in [6.07, 6.45) is 0. The van der Waals surface area contributed by atoms with Crippen molar-refractivity contribution in [2.45, 2.75) is 0 Å². The zero-order chi connectivity index (χ0) is 8.27. The molecule has 0 saturated heterocycles. The SMILES string of the molecule is COc1ccc(F)c([B]O)c1. The Labute approximate surface area is 64.9 Å². The van der Waals surface area contributed by atoms with Crippen LogP contribution in [-0.2, 0) is 0 Å². The van der Waals surface area contributed by atoms with Crippen molar-refractivity contribution < 1.29 is 14.2 Å². The van der Waals surface area contributed by atoms with E-state index >= 15 is 0 Å². The fraction of sp³-hybridized carbons (Fsp3) is 0.143. The van der Waals surface area contributed by atoms with Gasteiger partial charge in [-0.25, -0.2) is 4.39 Å². The van der Waals surface area contributed by atoms with Crippen LogP contribution in [0.25, 0.3) is 0 Å². The Morgan fingerprint density at radius 2 is 2.27 bits per heavy atom. The second-order valence-electron chi connectivity index (χ2n) is 2.02. The van der Waals surface area contributed by atoms with Gasteiger partial charge in [0.25, 0.3) is 0 Å². The molecule has 11 heavy (non-hydrogen) atoms. The standard InChI is InChI=1S/C7H7BFO2/c1-11-5-2-3-7(9)6(4-5)8-10/h2-4,10H,1H3. The molecule has 1 aromatic carbocycles. The predicted molar refractivity (Wildman–Crippen MR) is 40.6 cm³/mol. The summed E-state index contributed by atoms with van der Waals surface area (Å²) in [5.74, 6) is 0.0556. The highest BCUT2D eigenvalue weighted by molar-refractivity contribution is 6.45. The van der Waals surface area contributed by atoms with Crippen LogP contribution in [0.2, 0.25) is 0 Å². The van der Waals surface area contributed by atoms with E-state index in [2.05, 4.69) is 0 Å². The Hall–Kier alpha value is -1.03. The third-order valence-electron chi connectivity index (χ3n) is 1.34. The Morgan fingerprint density at radius 3 is 2.82 bits per heavy atom. The largest absolute Gasteiger partial charge is 0.497 e. The van der Waals surface area contributed by atoms with Crippen molar-refractivity contribution in [2.75, 3.05) is 7.11 Å². The Balaban J connectivity index is 3.02. The highest BCUT2D eigenvalue weighted by Crippen LogP contribution is 2.07. The normalized spacial score (nSPS) is 9.36. The van der Waals surface area contributed by atoms with Gasteiger partial charge in [-0.3, -0.25) is 0 Å². The van der Waals surface area contributed by atoms with Crippen LogP contribution in [0.5, 0.6) is 5.75 Å². The van der Waals surface area contributed by atoms with Gasteiger partial charge in [0.15, 0.2) is 0 Å². The van der Waals surface area contributed by atoms with Crippen molar-refractivity contribution in [1.29, 1.82) is 0 Å². The lowest BCUT2D eigenvalue weighted by Crippen LogP contribution is -2.17. The van der Waals surface area contributed by atoms with Gasteiger partial charge < -0.3 is 9.76 Å². The minimum Gasteiger partial charge on any atom is -0.497 e. The maximum atomic E-state index is 12.7. The van der Waals surface area contributed by atoms with Gasteiger partial charge in [-0.05, 0) is 23.7 Å². The molecule has 4 heteroatoms. The molecule has 0 spiro atoms. The van der Waals surface area contributed by atoms with Gasteiger partial charge in [0.1, 0.15) is 11.6 Å². The summed E-state index contributed by atoms with van der Waals surface area (Å²) in [4.78, 5) is 0. The van der Waals surface area contributed by atoms with Gasteiger partial charge in [0.05, 0.1) is 7.11 Å². The zero-order valence-electron chi connectivity index (χ0n) is 6.04. The van der Waals surface area contributed by atoms with E-state index in [9.17, 15) is 4.39 Å². The van der Waals surface area contributed by atoms with Crippen molar-refractivity contribution >= 4 is 12.9 Å². The number of methoxy groups -OCH3 is 1. The lowest BCUT2D eigenvalue weighted by Gasteiger charge is -2.01. The van der Waals surface area contributed by atoms with Crippen molar-refractivity contribution in [3.63, 3.8) is 0 Å². The summed E-state index contributed by atoms with van der Waals surface area (Å²) >= 11 is 0. The maximum Gasteiger partial charge on any atom is 0.329 e. The third kappa shape index (κ3) is 1.71. The molecule has 0 atom stereocenters. The Kier molecular flexibility index (Phi) is 2.49. The molecule has 1 radical (unpaired) electrons. The van der Waals surface area contributed by atoms with Crippen LogP contribution in [0, 0.1) is 5.82 Å². The molecule has 0 aliphatic rings. The molecule has 0 aliphatic heterocycles. The summed E-state index contributed by atoms with van der Waals surface area (Å²) in [5.41, 5.74) is 0.129. The molecule has 1 N–H and O–H groups in total. The fourth-order valence-corrected chi connectivity index (χ4v) is 0.748. The molecule has 0 unspecified atom stereocenters. The summed E-state index contributed by atoms with van der Waals surface area (Å²) < 4.78 is 17.5. The zero-order valence-corrected chi connectivity index (χ0v) is 6.04. The highest BCUT2D eigenvalue weighted by atomic mass is 19.1. The Bertz CT molecular complexity index is 252. The quantitative estimate of drug-likeness (QED) is 0.609. The van der Waals surface area contributed by atoms with E-state index in [4.69, 9.17) is 9.76 Å². The van der Waals surface area contributed by atoms with Gasteiger partial charge in [0, 0.05) is 0 Å². The summed E-state index contributed by atoms with van der Waals surface area (Å²) in [5, 5.41) is 8.52. The minimum absolute atomic E-state index is 0.129. The summed E-state index contributed by atoms with van der Waals surface area (Å²) in [6, 6.07) is 4.14. The first kappa shape index (κ1) is 8.08. The topological polar surface area (TPSA) is 29.5 Å². The van der Waals surface area contributed by atoms with Gasteiger partial charge in [-0.1, -0.05) is 0 Å². The molecule has 1 rings (SSSR count). The molecular weight excluding hydrogens is 146 g/mol. The molecule has 0 fully saturated rings. The van der Waals surface area contributed by atoms with Crippen molar-refractivity contribution in [2.24, 2.45) is 0 Å². The van der Waals surface area contributed by atoms with Crippen LogP contribution in [0.15, 0.2) is 18.2 Å². The average molecular weight is 153 g/mol. The van der Waals surface area contributed by atoms with E-state index in [1.807, 2.05) is 0 Å². The van der Waals surface area contributed by atoms with E-state index in [0.29, 0.717) is 13.2 Å². The third-order valence-corrected chi connectivity index (χ3v) is 1.34. The first-order valence-electron chi connectivity index (χ1n) is 3.09. The summed E-state index contributed by atoms with van der Waals surface area (Å²) in [7, 11) is 2.19. The Morgan fingerprint density at radius 1 is 1.55 bits per heavy atom. The first-order valence-corrected chi connectivity index (χ1v) is 3.09. The molecule has 0 aliphatic carbocycles. The fourth-order valence-electron chi connectivity index (χ4n) is 0.748. The van der Waals surface area contributed by atoms with Crippen LogP contribution in [0.4, 0.5) is 4.39 Å². The predicted octanol–water partition coefficient (Wildman–Crippen LogP) is 0.0711. The van der Waals surface area contributed by atoms with Crippen LogP contribution in [0.3, 0.4) is 0 Å². The number of benzene rings is 1. The molecule has 0 amide bonds. The van der Waals surface area contributed by atoms with E-state index < -0.39 is 5.82 Å². The van der Waals surface area contributed by atoms with Crippen molar-refractivity contribution in [3.05, 3.63) is 24.0 Å². The number of hydrogen-bond acceptors (Lipinski definition) is 2.